The smallest absolute Gasteiger partial charge is 0.397 e. The molecular weight excluding hydrogens is 409 g/mol. The second-order valence-corrected chi connectivity index (χ2v) is 7.16. The Labute approximate surface area is 163 Å². The number of halogens is 4. The van der Waals surface area contributed by atoms with Crippen LogP contribution in [0.4, 0.5) is 18.9 Å². The number of rotatable bonds is 7. The predicted molar refractivity (Wildman–Crippen MR) is 101 cm³/mol. The number of thioether (sulfide) groups is 1. The quantitative estimate of drug-likeness (QED) is 0.291. The maximum absolute atomic E-state index is 12.2. The van der Waals surface area contributed by atoms with Crippen LogP contribution in [-0.4, -0.2) is 39.0 Å². The molecule has 2 heterocycles. The van der Waals surface area contributed by atoms with Gasteiger partial charge in [-0.15, -0.1) is 0 Å². The molecule has 0 aromatic carbocycles. The van der Waals surface area contributed by atoms with E-state index in [0.29, 0.717) is 34.1 Å². The molecule has 0 amide bonds. The zero-order valence-electron chi connectivity index (χ0n) is 13.7. The Morgan fingerprint density at radius 2 is 2.23 bits per heavy atom. The van der Waals surface area contributed by atoms with Crippen LogP contribution < -0.4 is 9.63 Å². The summed E-state index contributed by atoms with van der Waals surface area (Å²) in [5.41, 5.74) is 1.07. The topological polar surface area (TPSA) is 48.0 Å². The summed E-state index contributed by atoms with van der Waals surface area (Å²) in [5.74, 6) is -0.640. The van der Waals surface area contributed by atoms with E-state index in [0.717, 1.165) is 11.8 Å². The van der Waals surface area contributed by atoms with Crippen molar-refractivity contribution in [2.75, 3.05) is 23.0 Å². The normalized spacial score (nSPS) is 11.6. The van der Waals surface area contributed by atoms with Gasteiger partial charge in [0.2, 0.25) is 6.20 Å². The molecule has 142 valence electrons. The van der Waals surface area contributed by atoms with Crippen molar-refractivity contribution in [3.05, 3.63) is 41.1 Å². The van der Waals surface area contributed by atoms with Crippen LogP contribution >= 0.6 is 35.6 Å². The van der Waals surface area contributed by atoms with Crippen molar-refractivity contribution < 1.29 is 17.9 Å². The summed E-state index contributed by atoms with van der Waals surface area (Å²) in [6.45, 7) is 2.35. The fraction of sp³-hybridized carbons (Fsp3) is 0.400. The van der Waals surface area contributed by atoms with Gasteiger partial charge >= 0.3 is 6.18 Å². The van der Waals surface area contributed by atoms with Gasteiger partial charge < -0.3 is 10.1 Å². The van der Waals surface area contributed by atoms with Crippen molar-refractivity contribution in [1.29, 1.82) is 0 Å². The summed E-state index contributed by atoms with van der Waals surface area (Å²) in [6.07, 6.45) is 0.458. The van der Waals surface area contributed by atoms with E-state index in [2.05, 4.69) is 5.10 Å². The lowest BCUT2D eigenvalue weighted by Gasteiger charge is -2.22. The third-order valence-electron chi connectivity index (χ3n) is 3.31. The van der Waals surface area contributed by atoms with Crippen LogP contribution in [0.3, 0.4) is 0 Å². The van der Waals surface area contributed by atoms with Crippen LogP contribution in [0.1, 0.15) is 13.3 Å². The molecule has 0 radical (unpaired) electrons. The van der Waals surface area contributed by atoms with Crippen LogP contribution in [0.15, 0.2) is 30.7 Å². The van der Waals surface area contributed by atoms with Gasteiger partial charge in [-0.2, -0.15) is 34.8 Å². The highest BCUT2D eigenvalue weighted by Gasteiger charge is 2.27. The molecule has 0 spiro atoms. The van der Waals surface area contributed by atoms with Gasteiger partial charge in [-0.25, -0.2) is 4.68 Å². The first-order valence-electron chi connectivity index (χ1n) is 7.60. The van der Waals surface area contributed by atoms with E-state index >= 15 is 0 Å². The summed E-state index contributed by atoms with van der Waals surface area (Å²) in [4.78, 5) is 2.21. The van der Waals surface area contributed by atoms with Crippen molar-refractivity contribution >= 4 is 46.3 Å². The maximum Gasteiger partial charge on any atom is 0.397 e. The lowest BCUT2D eigenvalue weighted by molar-refractivity contribution is -0.605. The maximum atomic E-state index is 12.2. The summed E-state index contributed by atoms with van der Waals surface area (Å²) in [5, 5.41) is 15.8. The standard InChI is InChI=1S/C15H16ClF3N4OS2/c1-2-22(13(25)5-7-26-10-15(17,18)19)12-9-23(20-14(12)16)11-4-3-6-21(24)8-11/h3-4,6,8-9H,2,5,7,10H2,1H3. The minimum absolute atomic E-state index is 0.193. The number of pyridine rings is 1. The van der Waals surface area contributed by atoms with Crippen molar-refractivity contribution in [3.63, 3.8) is 0 Å². The summed E-state index contributed by atoms with van der Waals surface area (Å²) < 4.78 is 38.7. The average molecular weight is 425 g/mol. The van der Waals surface area contributed by atoms with Gasteiger partial charge in [-0.05, 0) is 18.7 Å². The lowest BCUT2D eigenvalue weighted by Crippen LogP contribution is -2.29. The summed E-state index contributed by atoms with van der Waals surface area (Å²) in [7, 11) is 0. The van der Waals surface area contributed by atoms with Crippen LogP contribution in [0.25, 0.3) is 5.69 Å². The first kappa shape index (κ1) is 20.8. The first-order chi connectivity index (χ1) is 12.2. The Balaban J connectivity index is 2.08. The molecule has 0 saturated heterocycles. The Morgan fingerprint density at radius 3 is 2.85 bits per heavy atom. The molecule has 0 aliphatic rings. The molecule has 5 nitrogen and oxygen atoms in total. The van der Waals surface area contributed by atoms with Crippen molar-refractivity contribution in [1.82, 2.24) is 9.78 Å². The number of thiocarbonyl (C=S) groups is 1. The zero-order chi connectivity index (χ0) is 19.3. The van der Waals surface area contributed by atoms with E-state index in [4.69, 9.17) is 23.8 Å². The molecule has 11 heteroatoms. The Bertz CT molecular complexity index is 770. The summed E-state index contributed by atoms with van der Waals surface area (Å²) in [6, 6.07) is 3.28. The molecule has 2 rings (SSSR count). The number of anilines is 1. The lowest BCUT2D eigenvalue weighted by atomic mass is 10.3. The molecule has 2 aromatic rings. The molecule has 0 aliphatic carbocycles. The highest BCUT2D eigenvalue weighted by molar-refractivity contribution is 7.99. The Morgan fingerprint density at radius 1 is 1.50 bits per heavy atom. The van der Waals surface area contributed by atoms with Gasteiger partial charge in [0.1, 0.15) is 5.69 Å². The van der Waals surface area contributed by atoms with Gasteiger partial charge in [0.25, 0.3) is 0 Å². The van der Waals surface area contributed by atoms with Gasteiger partial charge in [-0.1, -0.05) is 23.8 Å². The molecule has 26 heavy (non-hydrogen) atoms. The van der Waals surface area contributed by atoms with E-state index in [1.807, 2.05) is 6.92 Å². The van der Waals surface area contributed by atoms with Crippen LogP contribution in [0.2, 0.25) is 5.15 Å². The minimum Gasteiger partial charge on any atom is -0.619 e. The molecule has 0 aliphatic heterocycles. The summed E-state index contributed by atoms with van der Waals surface area (Å²) >= 11 is 12.3. The third kappa shape index (κ3) is 5.75. The van der Waals surface area contributed by atoms with Gasteiger partial charge in [0.05, 0.1) is 22.6 Å². The highest BCUT2D eigenvalue weighted by atomic mass is 35.5. The van der Waals surface area contributed by atoms with Gasteiger partial charge in [0, 0.05) is 19.0 Å². The van der Waals surface area contributed by atoms with Gasteiger partial charge in [0.15, 0.2) is 11.3 Å². The van der Waals surface area contributed by atoms with Crippen LogP contribution in [-0.2, 0) is 0 Å². The second kappa shape index (κ2) is 8.92. The van der Waals surface area contributed by atoms with Crippen molar-refractivity contribution in [2.45, 2.75) is 19.5 Å². The number of aromatic nitrogens is 3. The van der Waals surface area contributed by atoms with E-state index in [9.17, 15) is 18.4 Å². The van der Waals surface area contributed by atoms with Crippen molar-refractivity contribution in [3.8, 4) is 5.69 Å². The largest absolute Gasteiger partial charge is 0.619 e. The van der Waals surface area contributed by atoms with Gasteiger partial charge in [-0.3, -0.25) is 0 Å². The van der Waals surface area contributed by atoms with Crippen LogP contribution in [0, 0.1) is 5.21 Å². The molecule has 0 N–H and O–H groups in total. The molecule has 2 aromatic heterocycles. The monoisotopic (exact) mass is 424 g/mol. The predicted octanol–water partition coefficient (Wildman–Crippen LogP) is 4.00. The third-order valence-corrected chi connectivity index (χ3v) is 5.03. The molecular formula is C15H16ClF3N4OS2. The minimum atomic E-state index is -4.19. The van der Waals surface area contributed by atoms with Crippen molar-refractivity contribution in [2.24, 2.45) is 0 Å². The fourth-order valence-corrected chi connectivity index (χ4v) is 3.60. The fourth-order valence-electron chi connectivity index (χ4n) is 2.20. The van der Waals surface area contributed by atoms with Crippen LogP contribution in [0.5, 0.6) is 0 Å². The Hall–Kier alpha value is -1.52. The second-order valence-electron chi connectivity index (χ2n) is 5.23. The SMILES string of the molecule is CCN(C(=S)CCSCC(F)(F)F)c1cn(-c2ccc[n+]([O-])c2)nc1Cl. The van der Waals surface area contributed by atoms with E-state index in [1.165, 1.54) is 17.1 Å². The Kier molecular flexibility index (Phi) is 7.13. The highest BCUT2D eigenvalue weighted by Crippen LogP contribution is 2.27. The number of nitrogens with zero attached hydrogens (tertiary/aromatic N) is 4. The first-order valence-corrected chi connectivity index (χ1v) is 9.54. The van der Waals surface area contributed by atoms with E-state index < -0.39 is 11.9 Å². The number of hydrogen-bond donors (Lipinski definition) is 0. The molecule has 0 saturated carbocycles. The molecule has 0 atom stereocenters. The van der Waals surface area contributed by atoms with E-state index in [-0.39, 0.29) is 10.9 Å². The van der Waals surface area contributed by atoms with E-state index in [1.54, 1.807) is 23.2 Å². The molecule has 0 fully saturated rings. The molecule has 0 unspecified atom stereocenters. The average Bonchev–Trinajstić information content (AvgIpc) is 2.93. The number of hydrogen-bond acceptors (Lipinski definition) is 4. The molecule has 0 bridgehead atoms. The zero-order valence-corrected chi connectivity index (χ0v) is 16.1. The number of alkyl halides is 3.